The van der Waals surface area contributed by atoms with Crippen LogP contribution in [0.1, 0.15) is 15.4 Å². The van der Waals surface area contributed by atoms with Gasteiger partial charge in [-0.3, -0.25) is 0 Å². The zero-order valence-corrected chi connectivity index (χ0v) is 10.5. The topological polar surface area (TPSA) is 110 Å². The van der Waals surface area contributed by atoms with Crippen molar-refractivity contribution in [1.29, 1.82) is 0 Å². The summed E-state index contributed by atoms with van der Waals surface area (Å²) in [6, 6.07) is 4.02. The number of nitrogens with one attached hydrogen (secondary N) is 1. The van der Waals surface area contributed by atoms with Gasteiger partial charge in [-0.25, -0.2) is 17.9 Å². The van der Waals surface area contributed by atoms with E-state index in [0.717, 1.165) is 0 Å². The van der Waals surface area contributed by atoms with Crippen LogP contribution in [-0.4, -0.2) is 24.7 Å². The van der Waals surface area contributed by atoms with Crippen molar-refractivity contribution in [3.63, 3.8) is 0 Å². The highest BCUT2D eigenvalue weighted by atomic mass is 32.2. The molecule has 96 valence electrons. The number of aromatic nitrogens is 1. The Labute approximate surface area is 106 Å². The van der Waals surface area contributed by atoms with E-state index in [1.807, 2.05) is 0 Å². The van der Waals surface area contributed by atoms with Crippen molar-refractivity contribution in [2.45, 2.75) is 10.8 Å². The van der Waals surface area contributed by atoms with Crippen LogP contribution in [0.25, 0.3) is 0 Å². The normalized spacial score (nSPS) is 11.6. The van der Waals surface area contributed by atoms with Crippen LogP contribution in [0.2, 0.25) is 0 Å². The van der Waals surface area contributed by atoms with Gasteiger partial charge < -0.3 is 9.63 Å². The molecule has 0 aliphatic rings. The molecular weight excluding hydrogens is 280 g/mol. The van der Waals surface area contributed by atoms with Crippen molar-refractivity contribution in [3.05, 3.63) is 35.0 Å². The van der Waals surface area contributed by atoms with Crippen molar-refractivity contribution in [3.8, 4) is 0 Å². The molecule has 18 heavy (non-hydrogen) atoms. The number of rotatable bonds is 5. The van der Waals surface area contributed by atoms with Crippen LogP contribution < -0.4 is 4.72 Å². The van der Waals surface area contributed by atoms with Crippen molar-refractivity contribution in [2.75, 3.05) is 0 Å². The quantitative estimate of drug-likeness (QED) is 0.846. The molecule has 0 aromatic carbocycles. The zero-order valence-electron chi connectivity index (χ0n) is 8.86. The van der Waals surface area contributed by atoms with E-state index in [1.165, 1.54) is 24.5 Å². The number of sulfonamides is 1. The van der Waals surface area contributed by atoms with Crippen molar-refractivity contribution in [1.82, 2.24) is 9.88 Å². The predicted octanol–water partition coefficient (Wildman–Crippen LogP) is 0.913. The van der Waals surface area contributed by atoms with E-state index in [2.05, 4.69) is 14.4 Å². The lowest BCUT2D eigenvalue weighted by Gasteiger charge is -2.01. The summed E-state index contributed by atoms with van der Waals surface area (Å²) >= 11 is 0.691. The minimum absolute atomic E-state index is 0.0147. The summed E-state index contributed by atoms with van der Waals surface area (Å²) in [5.41, 5.74) is 0.439. The Bertz CT molecular complexity index is 644. The van der Waals surface area contributed by atoms with Gasteiger partial charge in [0.15, 0.2) is 0 Å². The van der Waals surface area contributed by atoms with Crippen LogP contribution in [0.15, 0.2) is 33.2 Å². The molecular formula is C9H8N2O5S2. The summed E-state index contributed by atoms with van der Waals surface area (Å²) in [6.07, 6.45) is 1.33. The second-order valence-corrected chi connectivity index (χ2v) is 6.32. The molecule has 0 aliphatic heterocycles. The predicted molar refractivity (Wildman–Crippen MR) is 61.8 cm³/mol. The Hall–Kier alpha value is -1.71. The number of hydrogen-bond acceptors (Lipinski definition) is 6. The number of aromatic carboxylic acids is 1. The first-order chi connectivity index (χ1) is 8.49. The molecule has 0 atom stereocenters. The third kappa shape index (κ3) is 2.75. The summed E-state index contributed by atoms with van der Waals surface area (Å²) in [6.45, 7) is -0.0147. The van der Waals surface area contributed by atoms with Crippen LogP contribution in [0.4, 0.5) is 0 Å². The second kappa shape index (κ2) is 4.88. The summed E-state index contributed by atoms with van der Waals surface area (Å²) in [5.74, 6) is -1.15. The van der Waals surface area contributed by atoms with Crippen molar-refractivity contribution in [2.24, 2.45) is 0 Å². The maximum Gasteiger partial charge on any atom is 0.345 e. The standard InChI is InChI=1S/C9H8N2O5S2/c12-9(13)7-1-2-8(17-7)18(14,15)10-5-6-3-4-16-11-6/h1-4,10H,5H2,(H,12,13). The van der Waals surface area contributed by atoms with Gasteiger partial charge >= 0.3 is 5.97 Å². The summed E-state index contributed by atoms with van der Waals surface area (Å²) in [7, 11) is -3.73. The Balaban J connectivity index is 2.12. The molecule has 0 radical (unpaired) electrons. The molecule has 2 N–H and O–H groups in total. The first-order valence-corrected chi connectivity index (χ1v) is 7.01. The lowest BCUT2D eigenvalue weighted by atomic mass is 10.5. The Morgan fingerprint density at radius 1 is 1.44 bits per heavy atom. The highest BCUT2D eigenvalue weighted by Gasteiger charge is 2.19. The average molecular weight is 288 g/mol. The Kier molecular flexibility index (Phi) is 3.45. The average Bonchev–Trinajstić information content (AvgIpc) is 2.98. The van der Waals surface area contributed by atoms with Crippen LogP contribution in [-0.2, 0) is 16.6 Å². The molecule has 0 saturated heterocycles. The molecule has 9 heteroatoms. The lowest BCUT2D eigenvalue weighted by Crippen LogP contribution is -2.22. The van der Waals surface area contributed by atoms with Gasteiger partial charge in [-0.15, -0.1) is 11.3 Å². The number of carboxylic acid groups (broad SMARTS) is 1. The number of thiophene rings is 1. The van der Waals surface area contributed by atoms with E-state index in [9.17, 15) is 13.2 Å². The van der Waals surface area contributed by atoms with Gasteiger partial charge in [0.05, 0.1) is 12.2 Å². The van der Waals surface area contributed by atoms with E-state index >= 15 is 0 Å². The molecule has 0 bridgehead atoms. The minimum atomic E-state index is -3.73. The third-order valence-corrected chi connectivity index (χ3v) is 4.96. The lowest BCUT2D eigenvalue weighted by molar-refractivity contribution is 0.0702. The summed E-state index contributed by atoms with van der Waals surface area (Å²) in [4.78, 5) is 10.6. The number of nitrogens with zero attached hydrogens (tertiary/aromatic N) is 1. The van der Waals surface area contributed by atoms with E-state index < -0.39 is 16.0 Å². The molecule has 0 spiro atoms. The zero-order chi connectivity index (χ0) is 13.2. The highest BCUT2D eigenvalue weighted by Crippen LogP contribution is 2.21. The summed E-state index contributed by atoms with van der Waals surface area (Å²) in [5, 5.41) is 12.3. The van der Waals surface area contributed by atoms with Gasteiger partial charge in [0.2, 0.25) is 10.0 Å². The Morgan fingerprint density at radius 3 is 2.78 bits per heavy atom. The molecule has 7 nitrogen and oxygen atoms in total. The molecule has 0 amide bonds. The van der Waals surface area contributed by atoms with Gasteiger partial charge in [0.1, 0.15) is 15.3 Å². The molecule has 0 aliphatic carbocycles. The van der Waals surface area contributed by atoms with Gasteiger partial charge in [0.25, 0.3) is 0 Å². The monoisotopic (exact) mass is 288 g/mol. The fourth-order valence-corrected chi connectivity index (χ4v) is 3.34. The molecule has 2 aromatic heterocycles. The molecule has 0 fully saturated rings. The number of carbonyl (C=O) groups is 1. The third-order valence-electron chi connectivity index (χ3n) is 1.99. The molecule has 2 rings (SSSR count). The van der Waals surface area contributed by atoms with Crippen LogP contribution >= 0.6 is 11.3 Å². The second-order valence-electron chi connectivity index (χ2n) is 3.24. The van der Waals surface area contributed by atoms with Gasteiger partial charge in [-0.2, -0.15) is 0 Å². The molecule has 2 heterocycles. The Morgan fingerprint density at radius 2 is 2.22 bits per heavy atom. The van der Waals surface area contributed by atoms with Gasteiger partial charge in [-0.1, -0.05) is 5.16 Å². The maximum absolute atomic E-state index is 11.8. The van der Waals surface area contributed by atoms with Crippen LogP contribution in [0, 0.1) is 0 Å². The largest absolute Gasteiger partial charge is 0.477 e. The number of carboxylic acids is 1. The fourth-order valence-electron chi connectivity index (χ4n) is 1.15. The fraction of sp³-hybridized carbons (Fsp3) is 0.111. The molecule has 0 unspecified atom stereocenters. The molecule has 0 saturated carbocycles. The highest BCUT2D eigenvalue weighted by molar-refractivity contribution is 7.91. The van der Waals surface area contributed by atoms with Crippen molar-refractivity contribution < 1.29 is 22.8 Å². The number of hydrogen-bond donors (Lipinski definition) is 2. The van der Waals surface area contributed by atoms with Crippen molar-refractivity contribution >= 4 is 27.3 Å². The van der Waals surface area contributed by atoms with E-state index in [4.69, 9.17) is 5.11 Å². The van der Waals surface area contributed by atoms with E-state index in [0.29, 0.717) is 17.0 Å². The molecule has 2 aromatic rings. The van der Waals surface area contributed by atoms with E-state index in [-0.39, 0.29) is 15.6 Å². The van der Waals surface area contributed by atoms with E-state index in [1.54, 1.807) is 0 Å². The first kappa shape index (κ1) is 12.7. The smallest absolute Gasteiger partial charge is 0.345 e. The summed E-state index contributed by atoms with van der Waals surface area (Å²) < 4.78 is 30.4. The minimum Gasteiger partial charge on any atom is -0.477 e. The maximum atomic E-state index is 11.8. The van der Waals surface area contributed by atoms with Crippen LogP contribution in [0.3, 0.4) is 0 Å². The van der Waals surface area contributed by atoms with Crippen LogP contribution in [0.5, 0.6) is 0 Å². The SMILES string of the molecule is O=C(O)c1ccc(S(=O)(=O)NCc2ccon2)s1. The first-order valence-electron chi connectivity index (χ1n) is 4.71. The van der Waals surface area contributed by atoms with Gasteiger partial charge in [0, 0.05) is 6.07 Å². The van der Waals surface area contributed by atoms with Gasteiger partial charge in [-0.05, 0) is 12.1 Å².